The number of hydrogen-bond acceptors (Lipinski definition) is 4. The van der Waals surface area contributed by atoms with E-state index in [0.717, 1.165) is 0 Å². The van der Waals surface area contributed by atoms with Crippen molar-refractivity contribution in [3.63, 3.8) is 0 Å². The van der Waals surface area contributed by atoms with Crippen molar-refractivity contribution in [2.75, 3.05) is 42.5 Å². The molecule has 0 atom stereocenters. The molecule has 0 aromatic heterocycles. The van der Waals surface area contributed by atoms with Gasteiger partial charge in [-0.3, -0.25) is 4.79 Å². The number of carbonyl (C=O) groups excluding carboxylic acids is 1. The average molecular weight is 314 g/mol. The number of piperazine rings is 1. The van der Waals surface area contributed by atoms with Crippen LogP contribution in [0.25, 0.3) is 0 Å². The van der Waals surface area contributed by atoms with Crippen molar-refractivity contribution in [3.8, 4) is 0 Å². The predicted molar refractivity (Wildman–Crippen MR) is 89.8 cm³/mol. The number of nitrogens with two attached hydrogens (primary N) is 2. The number of rotatable bonds is 2. The Kier molecular flexibility index (Phi) is 4.06. The summed E-state index contributed by atoms with van der Waals surface area (Å²) in [6, 6.07) is 11.6. The van der Waals surface area contributed by atoms with Crippen LogP contribution in [0.3, 0.4) is 0 Å². The van der Waals surface area contributed by atoms with Crippen LogP contribution in [0.15, 0.2) is 42.5 Å². The molecule has 3 rings (SSSR count). The fourth-order valence-corrected chi connectivity index (χ4v) is 2.75. The van der Waals surface area contributed by atoms with E-state index in [2.05, 4.69) is 0 Å². The number of hydrogen-bond donors (Lipinski definition) is 2. The molecular weight excluding hydrogens is 295 g/mol. The summed E-state index contributed by atoms with van der Waals surface area (Å²) in [4.78, 5) is 16.2. The second kappa shape index (κ2) is 6.16. The minimum atomic E-state index is -0.237. The van der Waals surface area contributed by atoms with Crippen LogP contribution in [-0.4, -0.2) is 37.0 Å². The highest BCUT2D eigenvalue weighted by Crippen LogP contribution is 2.22. The number of nitrogen functional groups attached to an aromatic ring is 2. The lowest BCUT2D eigenvalue weighted by molar-refractivity contribution is 0.0746. The van der Waals surface area contributed by atoms with Gasteiger partial charge in [0, 0.05) is 31.7 Å². The van der Waals surface area contributed by atoms with Gasteiger partial charge in [0.05, 0.1) is 17.1 Å². The van der Waals surface area contributed by atoms with Crippen LogP contribution in [0.2, 0.25) is 0 Å². The number of para-hydroxylation sites is 1. The molecule has 1 amide bonds. The van der Waals surface area contributed by atoms with E-state index in [0.29, 0.717) is 48.8 Å². The summed E-state index contributed by atoms with van der Waals surface area (Å²) in [6.07, 6.45) is 0. The van der Waals surface area contributed by atoms with Gasteiger partial charge < -0.3 is 21.3 Å². The highest BCUT2D eigenvalue weighted by atomic mass is 19.1. The zero-order chi connectivity index (χ0) is 16.4. The number of anilines is 3. The van der Waals surface area contributed by atoms with E-state index >= 15 is 0 Å². The topological polar surface area (TPSA) is 75.6 Å². The quantitative estimate of drug-likeness (QED) is 0.831. The van der Waals surface area contributed by atoms with Crippen LogP contribution >= 0.6 is 0 Å². The normalized spacial score (nSPS) is 14.8. The number of nitrogens with zero attached hydrogens (tertiary/aromatic N) is 2. The summed E-state index contributed by atoms with van der Waals surface area (Å²) in [7, 11) is 0. The smallest absolute Gasteiger partial charge is 0.254 e. The lowest BCUT2D eigenvalue weighted by Gasteiger charge is -2.36. The second-order valence-corrected chi connectivity index (χ2v) is 5.57. The molecule has 0 bridgehead atoms. The Hall–Kier alpha value is -2.76. The lowest BCUT2D eigenvalue weighted by atomic mass is 10.1. The molecule has 0 saturated carbocycles. The molecule has 0 aliphatic carbocycles. The van der Waals surface area contributed by atoms with Crippen LogP contribution in [0.4, 0.5) is 21.5 Å². The fourth-order valence-electron chi connectivity index (χ4n) is 2.75. The molecule has 120 valence electrons. The van der Waals surface area contributed by atoms with Gasteiger partial charge in [0.25, 0.3) is 5.91 Å². The summed E-state index contributed by atoms with van der Waals surface area (Å²) in [5.41, 5.74) is 13.4. The van der Waals surface area contributed by atoms with E-state index in [-0.39, 0.29) is 11.7 Å². The molecular formula is C17H19FN4O. The van der Waals surface area contributed by atoms with Crippen molar-refractivity contribution in [1.82, 2.24) is 4.90 Å². The first-order valence-electron chi connectivity index (χ1n) is 7.50. The minimum absolute atomic E-state index is 0.0788. The van der Waals surface area contributed by atoms with Gasteiger partial charge in [0.1, 0.15) is 5.82 Å². The van der Waals surface area contributed by atoms with E-state index in [1.807, 2.05) is 11.0 Å². The first-order chi connectivity index (χ1) is 11.1. The Morgan fingerprint density at radius 2 is 1.65 bits per heavy atom. The number of benzene rings is 2. The van der Waals surface area contributed by atoms with Gasteiger partial charge in [0.2, 0.25) is 0 Å². The third-order valence-electron chi connectivity index (χ3n) is 4.09. The molecule has 1 fully saturated rings. The van der Waals surface area contributed by atoms with Crippen LogP contribution in [0, 0.1) is 5.82 Å². The maximum atomic E-state index is 13.8. The highest BCUT2D eigenvalue weighted by molar-refractivity contribution is 5.96. The Balaban J connectivity index is 1.68. The Bertz CT molecular complexity index is 726. The number of carbonyl (C=O) groups is 1. The molecule has 0 spiro atoms. The zero-order valence-electron chi connectivity index (χ0n) is 12.7. The molecule has 4 N–H and O–H groups in total. The van der Waals surface area contributed by atoms with Crippen LogP contribution in [-0.2, 0) is 0 Å². The van der Waals surface area contributed by atoms with Crippen molar-refractivity contribution in [2.24, 2.45) is 0 Å². The van der Waals surface area contributed by atoms with Crippen LogP contribution < -0.4 is 16.4 Å². The van der Waals surface area contributed by atoms with Crippen molar-refractivity contribution in [3.05, 3.63) is 53.8 Å². The minimum Gasteiger partial charge on any atom is -0.397 e. The van der Waals surface area contributed by atoms with Gasteiger partial charge >= 0.3 is 0 Å². The maximum Gasteiger partial charge on any atom is 0.254 e. The number of halogens is 1. The van der Waals surface area contributed by atoms with E-state index in [1.165, 1.54) is 6.07 Å². The van der Waals surface area contributed by atoms with Crippen LogP contribution in [0.1, 0.15) is 10.4 Å². The van der Waals surface area contributed by atoms with Gasteiger partial charge in [0.15, 0.2) is 0 Å². The van der Waals surface area contributed by atoms with E-state index in [4.69, 9.17) is 11.5 Å². The standard InChI is InChI=1S/C17H19FN4O/c18-13-3-1-2-4-16(13)21-7-9-22(10-8-21)17(23)12-5-6-14(19)15(20)11-12/h1-6,11H,7-10,19-20H2. The molecule has 5 nitrogen and oxygen atoms in total. The summed E-state index contributed by atoms with van der Waals surface area (Å²) in [5.74, 6) is -0.316. The SMILES string of the molecule is Nc1ccc(C(=O)N2CCN(c3ccccc3F)CC2)cc1N. The average Bonchev–Trinajstić information content (AvgIpc) is 2.57. The molecule has 0 unspecified atom stereocenters. The Labute approximate surface area is 134 Å². The second-order valence-electron chi connectivity index (χ2n) is 5.57. The first-order valence-corrected chi connectivity index (χ1v) is 7.50. The Morgan fingerprint density at radius 1 is 0.957 bits per heavy atom. The summed E-state index contributed by atoms with van der Waals surface area (Å²) >= 11 is 0. The maximum absolute atomic E-state index is 13.8. The Morgan fingerprint density at radius 3 is 2.30 bits per heavy atom. The van der Waals surface area contributed by atoms with Crippen molar-refractivity contribution in [2.45, 2.75) is 0 Å². The molecule has 2 aromatic rings. The largest absolute Gasteiger partial charge is 0.397 e. The first kappa shape index (κ1) is 15.1. The van der Waals surface area contributed by atoms with Crippen LogP contribution in [0.5, 0.6) is 0 Å². The fraction of sp³-hybridized carbons (Fsp3) is 0.235. The molecule has 0 radical (unpaired) electrons. The molecule has 2 aromatic carbocycles. The van der Waals surface area contributed by atoms with E-state index in [1.54, 1.807) is 35.2 Å². The molecule has 23 heavy (non-hydrogen) atoms. The molecule has 1 aliphatic heterocycles. The lowest BCUT2D eigenvalue weighted by Crippen LogP contribution is -2.49. The molecule has 1 saturated heterocycles. The summed E-state index contributed by atoms with van der Waals surface area (Å²) < 4.78 is 13.8. The molecule has 1 aliphatic rings. The van der Waals surface area contributed by atoms with Crippen molar-refractivity contribution in [1.29, 1.82) is 0 Å². The van der Waals surface area contributed by atoms with Crippen molar-refractivity contribution >= 4 is 23.0 Å². The van der Waals surface area contributed by atoms with Gasteiger partial charge in [-0.2, -0.15) is 0 Å². The molecule has 6 heteroatoms. The molecule has 1 heterocycles. The zero-order valence-corrected chi connectivity index (χ0v) is 12.7. The highest BCUT2D eigenvalue weighted by Gasteiger charge is 2.23. The monoisotopic (exact) mass is 314 g/mol. The summed E-state index contributed by atoms with van der Waals surface area (Å²) in [5, 5.41) is 0. The predicted octanol–water partition coefficient (Wildman–Crippen LogP) is 1.95. The van der Waals surface area contributed by atoms with Crippen molar-refractivity contribution < 1.29 is 9.18 Å². The van der Waals surface area contributed by atoms with Gasteiger partial charge in [-0.25, -0.2) is 4.39 Å². The third-order valence-corrected chi connectivity index (χ3v) is 4.09. The summed E-state index contributed by atoms with van der Waals surface area (Å²) in [6.45, 7) is 2.27. The van der Waals surface area contributed by atoms with Gasteiger partial charge in [-0.15, -0.1) is 0 Å². The van der Waals surface area contributed by atoms with E-state index < -0.39 is 0 Å². The van der Waals surface area contributed by atoms with Gasteiger partial charge in [-0.05, 0) is 30.3 Å². The van der Waals surface area contributed by atoms with Gasteiger partial charge in [-0.1, -0.05) is 12.1 Å². The third kappa shape index (κ3) is 3.06. The van der Waals surface area contributed by atoms with E-state index in [9.17, 15) is 9.18 Å². The number of amides is 1.